The van der Waals surface area contributed by atoms with Gasteiger partial charge in [-0.2, -0.15) is 0 Å². The second kappa shape index (κ2) is 6.55. The van der Waals surface area contributed by atoms with Gasteiger partial charge in [0.2, 0.25) is 0 Å². The zero-order valence-corrected chi connectivity index (χ0v) is 15.1. The topological polar surface area (TPSA) is 44.8 Å². The lowest BCUT2D eigenvalue weighted by molar-refractivity contribution is 0.244. The number of fused-ring (bicyclic) bond motifs is 1. The minimum atomic E-state index is 0.577. The van der Waals surface area contributed by atoms with Gasteiger partial charge in [0.25, 0.3) is 0 Å². The highest BCUT2D eigenvalue weighted by atomic mass is 32.1. The molecule has 0 unspecified atom stereocenters. The number of aryl methyl sites for hydroxylation is 1. The molecule has 4 nitrogen and oxygen atoms in total. The van der Waals surface area contributed by atoms with Crippen molar-refractivity contribution in [3.63, 3.8) is 0 Å². The number of hydrogen-bond donors (Lipinski definition) is 1. The molecule has 1 aromatic carbocycles. The van der Waals surface area contributed by atoms with Crippen molar-refractivity contribution < 1.29 is 0 Å². The molecule has 1 aliphatic rings. The molecule has 0 saturated heterocycles. The van der Waals surface area contributed by atoms with Crippen molar-refractivity contribution in [2.75, 3.05) is 6.54 Å². The molecule has 0 aliphatic carbocycles. The van der Waals surface area contributed by atoms with Crippen molar-refractivity contribution in [1.29, 1.82) is 0 Å². The lowest BCUT2D eigenvalue weighted by Crippen LogP contribution is -2.30. The van der Waals surface area contributed by atoms with E-state index in [9.17, 15) is 0 Å². The van der Waals surface area contributed by atoms with Gasteiger partial charge in [0.05, 0.1) is 5.69 Å². The van der Waals surface area contributed by atoms with Crippen LogP contribution in [0, 0.1) is 11.7 Å². The Bertz CT molecular complexity index is 914. The molecular formula is C18H18N4S2. The van der Waals surface area contributed by atoms with Gasteiger partial charge in [-0.25, -0.2) is 9.97 Å². The summed E-state index contributed by atoms with van der Waals surface area (Å²) < 4.78 is 0.577. The second-order valence-electron chi connectivity index (χ2n) is 6.05. The lowest BCUT2D eigenvalue weighted by atomic mass is 10.1. The van der Waals surface area contributed by atoms with E-state index in [0.717, 1.165) is 36.8 Å². The lowest BCUT2D eigenvalue weighted by Gasteiger charge is -2.27. The maximum atomic E-state index is 5.11. The van der Waals surface area contributed by atoms with Crippen molar-refractivity contribution in [1.82, 2.24) is 19.9 Å². The number of H-pyrrole nitrogens is 1. The predicted octanol–water partition coefficient (Wildman–Crippen LogP) is 4.13. The van der Waals surface area contributed by atoms with Crippen molar-refractivity contribution in [3.05, 3.63) is 63.1 Å². The summed E-state index contributed by atoms with van der Waals surface area (Å²) in [7, 11) is 0. The van der Waals surface area contributed by atoms with Crippen LogP contribution in [0.25, 0.3) is 10.6 Å². The van der Waals surface area contributed by atoms with Gasteiger partial charge in [0, 0.05) is 53.9 Å². The third-order valence-corrected chi connectivity index (χ3v) is 5.73. The maximum absolute atomic E-state index is 5.11. The average Bonchev–Trinajstić information content (AvgIpc) is 2.97. The first-order valence-corrected chi connectivity index (χ1v) is 9.22. The van der Waals surface area contributed by atoms with Gasteiger partial charge < -0.3 is 4.98 Å². The first-order valence-electron chi connectivity index (χ1n) is 8.00. The molecule has 24 heavy (non-hydrogen) atoms. The summed E-state index contributed by atoms with van der Waals surface area (Å²) in [5, 5.41) is 1.10. The Morgan fingerprint density at radius 3 is 2.96 bits per heavy atom. The SMILES string of the molecule is Cc1nc(-c2ccccc2)sc1CN1CCc2[nH]c(=S)ncc2C1. The highest BCUT2D eigenvalue weighted by molar-refractivity contribution is 7.71. The zero-order valence-electron chi connectivity index (χ0n) is 13.5. The molecule has 0 spiro atoms. The Morgan fingerprint density at radius 2 is 2.12 bits per heavy atom. The van der Waals surface area contributed by atoms with Crippen LogP contribution >= 0.6 is 23.6 Å². The second-order valence-corrected chi connectivity index (χ2v) is 7.52. The number of rotatable bonds is 3. The highest BCUT2D eigenvalue weighted by Gasteiger charge is 2.19. The van der Waals surface area contributed by atoms with Crippen LogP contribution < -0.4 is 0 Å². The summed E-state index contributed by atoms with van der Waals surface area (Å²) in [6.07, 6.45) is 2.90. The molecule has 3 aromatic rings. The highest BCUT2D eigenvalue weighted by Crippen LogP contribution is 2.29. The number of aromatic nitrogens is 3. The standard InChI is InChI=1S/C18H18N4S2/c1-12-16(24-17(20-12)13-5-3-2-4-6-13)11-22-8-7-15-14(10-22)9-19-18(23)21-15/h2-6,9H,7-8,10-11H2,1H3,(H,19,21,23). The molecule has 3 heterocycles. The van der Waals surface area contributed by atoms with Crippen molar-refractivity contribution in [3.8, 4) is 10.6 Å². The number of aromatic amines is 1. The third kappa shape index (κ3) is 3.17. The van der Waals surface area contributed by atoms with Crippen LogP contribution in [0.1, 0.15) is 21.8 Å². The summed E-state index contributed by atoms with van der Waals surface area (Å²) in [6, 6.07) is 10.4. The molecule has 6 heteroatoms. The summed E-state index contributed by atoms with van der Waals surface area (Å²) in [5.74, 6) is 0. The van der Waals surface area contributed by atoms with Crippen LogP contribution in [-0.4, -0.2) is 26.4 Å². The van der Waals surface area contributed by atoms with Crippen LogP contribution in [-0.2, 0) is 19.5 Å². The largest absolute Gasteiger partial charge is 0.334 e. The smallest absolute Gasteiger partial charge is 0.196 e. The number of hydrogen-bond acceptors (Lipinski definition) is 5. The molecule has 122 valence electrons. The van der Waals surface area contributed by atoms with E-state index in [1.165, 1.54) is 21.7 Å². The molecule has 0 bridgehead atoms. The molecule has 0 fully saturated rings. The summed E-state index contributed by atoms with van der Waals surface area (Å²) in [6.45, 7) is 4.98. The minimum absolute atomic E-state index is 0.577. The molecule has 2 aromatic heterocycles. The van der Waals surface area contributed by atoms with Gasteiger partial charge in [-0.1, -0.05) is 30.3 Å². The predicted molar refractivity (Wildman–Crippen MR) is 99.5 cm³/mol. The zero-order chi connectivity index (χ0) is 16.5. The van der Waals surface area contributed by atoms with E-state index in [1.54, 1.807) is 11.3 Å². The van der Waals surface area contributed by atoms with Gasteiger partial charge >= 0.3 is 0 Å². The fourth-order valence-corrected chi connectivity index (χ4v) is 4.31. The van der Waals surface area contributed by atoms with Crippen LogP contribution in [0.3, 0.4) is 0 Å². The van der Waals surface area contributed by atoms with E-state index < -0.39 is 0 Å². The summed E-state index contributed by atoms with van der Waals surface area (Å²) in [5.41, 5.74) is 4.81. The Morgan fingerprint density at radius 1 is 1.29 bits per heavy atom. The molecule has 1 aliphatic heterocycles. The van der Waals surface area contributed by atoms with E-state index >= 15 is 0 Å². The maximum Gasteiger partial charge on any atom is 0.196 e. The normalized spacial score (nSPS) is 14.5. The average molecular weight is 355 g/mol. The van der Waals surface area contributed by atoms with Crippen LogP contribution in [0.4, 0.5) is 0 Å². The van der Waals surface area contributed by atoms with Gasteiger partial charge in [-0.15, -0.1) is 11.3 Å². The molecular weight excluding hydrogens is 336 g/mol. The number of thiazole rings is 1. The summed E-state index contributed by atoms with van der Waals surface area (Å²) >= 11 is 6.91. The van der Waals surface area contributed by atoms with Gasteiger partial charge in [-0.3, -0.25) is 4.90 Å². The van der Waals surface area contributed by atoms with Crippen LogP contribution in [0.15, 0.2) is 36.5 Å². The fraction of sp³-hybridized carbons (Fsp3) is 0.278. The minimum Gasteiger partial charge on any atom is -0.334 e. The van der Waals surface area contributed by atoms with Crippen LogP contribution in [0.2, 0.25) is 0 Å². The van der Waals surface area contributed by atoms with E-state index in [2.05, 4.69) is 46.1 Å². The van der Waals surface area contributed by atoms with E-state index in [0.29, 0.717) is 4.77 Å². The Hall–Kier alpha value is -1.89. The molecule has 0 amide bonds. The monoisotopic (exact) mass is 354 g/mol. The van der Waals surface area contributed by atoms with Crippen molar-refractivity contribution in [2.45, 2.75) is 26.4 Å². The van der Waals surface area contributed by atoms with E-state index in [1.807, 2.05) is 12.3 Å². The van der Waals surface area contributed by atoms with Gasteiger partial charge in [-0.05, 0) is 19.1 Å². The molecule has 0 atom stereocenters. The Balaban J connectivity index is 1.53. The first kappa shape index (κ1) is 15.6. The number of nitrogens with zero attached hydrogens (tertiary/aromatic N) is 3. The molecule has 1 N–H and O–H groups in total. The summed E-state index contributed by atoms with van der Waals surface area (Å²) in [4.78, 5) is 16.0. The van der Waals surface area contributed by atoms with E-state index in [4.69, 9.17) is 17.2 Å². The third-order valence-electron chi connectivity index (χ3n) is 4.34. The van der Waals surface area contributed by atoms with Crippen molar-refractivity contribution in [2.24, 2.45) is 0 Å². The molecule has 4 rings (SSSR count). The first-order chi connectivity index (χ1) is 11.7. The van der Waals surface area contributed by atoms with Gasteiger partial charge in [0.1, 0.15) is 5.01 Å². The number of nitrogens with one attached hydrogen (secondary N) is 1. The number of benzene rings is 1. The molecule has 0 radical (unpaired) electrons. The van der Waals surface area contributed by atoms with E-state index in [-0.39, 0.29) is 0 Å². The van der Waals surface area contributed by atoms with Crippen LogP contribution in [0.5, 0.6) is 0 Å². The van der Waals surface area contributed by atoms with Crippen molar-refractivity contribution >= 4 is 23.6 Å². The fourth-order valence-electron chi connectivity index (χ4n) is 3.02. The van der Waals surface area contributed by atoms with Gasteiger partial charge in [0.15, 0.2) is 4.77 Å². The Kier molecular flexibility index (Phi) is 4.26. The Labute approximate surface area is 150 Å². The molecule has 0 saturated carbocycles. The quantitative estimate of drug-likeness (QED) is 0.718.